The lowest BCUT2D eigenvalue weighted by atomic mass is 9.86. The molecule has 0 radical (unpaired) electrons. The van der Waals surface area contributed by atoms with E-state index in [0.29, 0.717) is 17.8 Å². The van der Waals surface area contributed by atoms with Crippen LogP contribution in [0.3, 0.4) is 0 Å². The monoisotopic (exact) mass is 817 g/mol. The summed E-state index contributed by atoms with van der Waals surface area (Å²) in [5.74, 6) is 1.18. The van der Waals surface area contributed by atoms with Crippen LogP contribution >= 0.6 is 0 Å². The van der Waals surface area contributed by atoms with Crippen LogP contribution in [-0.2, 0) is 0 Å². The second-order valence-corrected chi connectivity index (χ2v) is 18.3. The Morgan fingerprint density at radius 3 is 2.24 bits per heavy atom. The van der Waals surface area contributed by atoms with Gasteiger partial charge < -0.3 is 9.80 Å². The molecule has 5 aliphatic carbocycles. The fourth-order valence-corrected chi connectivity index (χ4v) is 9.36. The molecule has 2 nitrogen and oxygen atoms in total. The summed E-state index contributed by atoms with van der Waals surface area (Å²) in [5.41, 5.74) is 21.6. The maximum Gasteiger partial charge on any atom is 0.0559 e. The molecule has 62 heavy (non-hydrogen) atoms. The zero-order chi connectivity index (χ0) is 44.1. The van der Waals surface area contributed by atoms with E-state index in [1.54, 1.807) is 0 Å². The highest BCUT2D eigenvalue weighted by molar-refractivity contribution is 5.83. The van der Waals surface area contributed by atoms with Crippen molar-refractivity contribution in [2.75, 3.05) is 9.80 Å². The quantitative estimate of drug-likeness (QED) is 0.211. The van der Waals surface area contributed by atoms with Crippen LogP contribution in [-0.4, -0.2) is 6.04 Å². The molecule has 0 saturated carbocycles. The standard InChI is InChI=1S/C60H68N2/c1-12-43(7)56-33-27-48(13-2)36-60(56)58-38-54(25-17-21-46(58)10)61(52-23-14-18-41(5)34-52)50-29-31-51(32-30-50)62(53-24-15-19-42(6)35-53)55-28-26-44(8)47(11)59(39-55)57-37-49(40(3)4)22-16-20-45(57)9/h13-19,21-24,26-33,36-39,42-44,52H,2-3,12,20,25,34-35H2,1,4-11H3/t42-,43+,44-,52?/m0/s1. The van der Waals surface area contributed by atoms with Gasteiger partial charge in [0.2, 0.25) is 0 Å². The Hall–Kier alpha value is -5.86. The van der Waals surface area contributed by atoms with Crippen molar-refractivity contribution in [1.29, 1.82) is 0 Å². The molecule has 1 unspecified atom stereocenters. The summed E-state index contributed by atoms with van der Waals surface area (Å²) in [4.78, 5) is 5.12. The Balaban J connectivity index is 1.35. The second-order valence-electron chi connectivity index (χ2n) is 18.3. The highest BCUT2D eigenvalue weighted by Crippen LogP contribution is 2.41. The lowest BCUT2D eigenvalue weighted by Crippen LogP contribution is -2.34. The van der Waals surface area contributed by atoms with Crippen molar-refractivity contribution in [2.45, 2.75) is 106 Å². The molecule has 2 heteroatoms. The second kappa shape index (κ2) is 19.5. The third kappa shape index (κ3) is 9.61. The smallest absolute Gasteiger partial charge is 0.0559 e. The topological polar surface area (TPSA) is 6.48 Å². The molecule has 0 amide bonds. The van der Waals surface area contributed by atoms with Crippen LogP contribution in [0.4, 0.5) is 11.4 Å². The fraction of sp³-hybridized carbons (Fsp3) is 0.300. The van der Waals surface area contributed by atoms with Gasteiger partial charge in [0.1, 0.15) is 0 Å². The van der Waals surface area contributed by atoms with E-state index in [9.17, 15) is 0 Å². The van der Waals surface area contributed by atoms with Gasteiger partial charge in [-0.3, -0.25) is 0 Å². The van der Waals surface area contributed by atoms with Crippen molar-refractivity contribution >= 4 is 23.0 Å². The van der Waals surface area contributed by atoms with Crippen molar-refractivity contribution in [3.05, 3.63) is 225 Å². The van der Waals surface area contributed by atoms with Gasteiger partial charge in [-0.05, 0) is 183 Å². The van der Waals surface area contributed by atoms with Gasteiger partial charge in [-0.25, -0.2) is 0 Å². The molecule has 0 spiro atoms. The van der Waals surface area contributed by atoms with Gasteiger partial charge in [0.05, 0.1) is 6.04 Å². The molecular formula is C60H68N2. The number of rotatable bonds is 12. The van der Waals surface area contributed by atoms with Gasteiger partial charge in [-0.1, -0.05) is 142 Å². The molecule has 0 aromatic heterocycles. The normalized spacial score (nSPS) is 22.0. The minimum atomic E-state index is 0.189. The highest BCUT2D eigenvalue weighted by Gasteiger charge is 2.27. The van der Waals surface area contributed by atoms with Crippen LogP contribution in [0, 0.1) is 11.8 Å². The molecule has 318 valence electrons. The molecule has 0 saturated heterocycles. The largest absolute Gasteiger partial charge is 0.338 e. The zero-order valence-electron chi connectivity index (χ0n) is 38.9. The Labute approximate surface area is 374 Å². The Morgan fingerprint density at radius 1 is 0.790 bits per heavy atom. The van der Waals surface area contributed by atoms with E-state index < -0.39 is 0 Å². The molecule has 2 aromatic carbocycles. The highest BCUT2D eigenvalue weighted by atomic mass is 15.2. The van der Waals surface area contributed by atoms with E-state index in [1.165, 1.54) is 78.5 Å². The van der Waals surface area contributed by atoms with Gasteiger partial charge in [0.15, 0.2) is 0 Å². The van der Waals surface area contributed by atoms with E-state index in [-0.39, 0.29) is 6.04 Å². The third-order valence-corrected chi connectivity index (χ3v) is 13.5. The van der Waals surface area contributed by atoms with Crippen molar-refractivity contribution in [1.82, 2.24) is 0 Å². The maximum absolute atomic E-state index is 4.33. The maximum atomic E-state index is 4.33. The van der Waals surface area contributed by atoms with E-state index >= 15 is 0 Å². The molecule has 0 N–H and O–H groups in total. The van der Waals surface area contributed by atoms with Crippen LogP contribution in [0.15, 0.2) is 208 Å². The Morgan fingerprint density at radius 2 is 1.53 bits per heavy atom. The van der Waals surface area contributed by atoms with E-state index in [1.807, 2.05) is 6.08 Å². The number of nitrogens with zero attached hydrogens (tertiary/aromatic N) is 2. The summed E-state index contributed by atoms with van der Waals surface area (Å²) in [7, 11) is 0. The predicted molar refractivity (Wildman–Crippen MR) is 272 cm³/mol. The average molecular weight is 817 g/mol. The predicted octanol–water partition coefficient (Wildman–Crippen LogP) is 16.7. The summed E-state index contributed by atoms with van der Waals surface area (Å²) in [5, 5.41) is 0. The van der Waals surface area contributed by atoms with Crippen LogP contribution in [0.25, 0.3) is 11.6 Å². The van der Waals surface area contributed by atoms with Crippen molar-refractivity contribution in [2.24, 2.45) is 11.8 Å². The molecule has 0 heterocycles. The van der Waals surface area contributed by atoms with Gasteiger partial charge in [0, 0.05) is 34.9 Å². The van der Waals surface area contributed by atoms with Crippen LogP contribution in [0.1, 0.15) is 117 Å². The van der Waals surface area contributed by atoms with Crippen LogP contribution in [0.5, 0.6) is 0 Å². The summed E-state index contributed by atoms with van der Waals surface area (Å²) < 4.78 is 0. The summed E-state index contributed by atoms with van der Waals surface area (Å²) in [6.45, 7) is 29.0. The van der Waals surface area contributed by atoms with Gasteiger partial charge in [-0.2, -0.15) is 0 Å². The minimum absolute atomic E-state index is 0.189. The van der Waals surface area contributed by atoms with Crippen molar-refractivity contribution in [3.63, 3.8) is 0 Å². The molecule has 7 rings (SSSR count). The lowest BCUT2D eigenvalue weighted by Gasteiger charge is -2.36. The van der Waals surface area contributed by atoms with Crippen molar-refractivity contribution in [3.8, 4) is 0 Å². The molecule has 0 bridgehead atoms. The number of hydrogen-bond donors (Lipinski definition) is 0. The summed E-state index contributed by atoms with van der Waals surface area (Å²) in [6.07, 6.45) is 41.8. The first kappa shape index (κ1) is 44.2. The van der Waals surface area contributed by atoms with Crippen LogP contribution in [0.2, 0.25) is 0 Å². The van der Waals surface area contributed by atoms with Crippen molar-refractivity contribution < 1.29 is 0 Å². The Bertz CT molecular complexity index is 2520. The molecule has 2 aromatic rings. The number of benzene rings is 2. The van der Waals surface area contributed by atoms with E-state index in [0.717, 1.165) is 48.9 Å². The minimum Gasteiger partial charge on any atom is -0.338 e. The zero-order valence-corrected chi connectivity index (χ0v) is 38.9. The third-order valence-electron chi connectivity index (χ3n) is 13.5. The molecule has 5 aliphatic rings. The molecule has 0 aliphatic heterocycles. The first-order chi connectivity index (χ1) is 29.9. The van der Waals surface area contributed by atoms with Gasteiger partial charge in [0.25, 0.3) is 0 Å². The fourth-order valence-electron chi connectivity index (χ4n) is 9.36. The first-order valence-corrected chi connectivity index (χ1v) is 23.0. The van der Waals surface area contributed by atoms with E-state index in [4.69, 9.17) is 0 Å². The number of hydrogen-bond acceptors (Lipinski definition) is 2. The van der Waals surface area contributed by atoms with E-state index in [2.05, 4.69) is 219 Å². The van der Waals surface area contributed by atoms with Gasteiger partial charge in [-0.15, -0.1) is 0 Å². The SMILES string of the molecule is C=Cc1ccc([C@H](C)CC)c(C2=C(C)C=CCC(N(c3ccc(N(C4=CC(C5=C(C)CC=CC(C(=C)C)=C5)=C(C)[C@@H](C)C=C4)C4=CC=C[C@H](C)C4)cc3)C3C=CC=C(C)C3)=C2)c1. The number of anilines is 2. The van der Waals surface area contributed by atoms with Crippen LogP contribution < -0.4 is 9.80 Å². The lowest BCUT2D eigenvalue weighted by molar-refractivity contribution is 0.692. The van der Waals surface area contributed by atoms with Gasteiger partial charge >= 0.3 is 0 Å². The molecule has 4 atom stereocenters. The summed E-state index contributed by atoms with van der Waals surface area (Å²) in [6, 6.07) is 16.5. The average Bonchev–Trinajstić information content (AvgIpc) is 3.65. The molecule has 0 fully saturated rings. The first-order valence-electron chi connectivity index (χ1n) is 23.0. The Kier molecular flexibility index (Phi) is 13.9. The molecular weight excluding hydrogens is 749 g/mol. The summed E-state index contributed by atoms with van der Waals surface area (Å²) >= 11 is 0. The number of allylic oxidation sites excluding steroid dienone is 23.